The molecule has 2 fully saturated rings. The number of amides is 2. The van der Waals surface area contributed by atoms with Gasteiger partial charge in [0.1, 0.15) is 11.5 Å². The molecule has 0 bridgehead atoms. The van der Waals surface area contributed by atoms with Gasteiger partial charge in [-0.1, -0.05) is 79.7 Å². The predicted molar refractivity (Wildman–Crippen MR) is 268 cm³/mol. The molecule has 0 saturated heterocycles. The average molecular weight is 914 g/mol. The number of hydrogen-bond acceptors (Lipinski definition) is 6. The van der Waals surface area contributed by atoms with Crippen molar-refractivity contribution in [2.75, 3.05) is 13.1 Å². The molecule has 4 aliphatic rings. The number of carboxylic acids is 1. The van der Waals surface area contributed by atoms with Crippen molar-refractivity contribution in [2.24, 2.45) is 23.7 Å². The topological polar surface area (TPSA) is 146 Å². The van der Waals surface area contributed by atoms with Crippen molar-refractivity contribution in [3.63, 3.8) is 0 Å². The Kier molecular flexibility index (Phi) is 14.9. The number of carboxylic acid groups (broad SMARTS) is 1. The van der Waals surface area contributed by atoms with Gasteiger partial charge in [0, 0.05) is 25.9 Å². The molecule has 0 unspecified atom stereocenters. The maximum atomic E-state index is 12.6. The minimum absolute atomic E-state index is 0.125. The first-order valence-electron chi connectivity index (χ1n) is 25.3. The second-order valence-corrected chi connectivity index (χ2v) is 23.5. The Morgan fingerprint density at radius 2 is 0.940 bits per heavy atom. The minimum atomic E-state index is -0.702. The standard InChI is InChI=1S/C29H40N2O2.C29H39NO4/c1-19-14-24-25(29(4,5)13-12-28(24,2)3)16-22(19)15-23-10-11-26(33-23)27(32)31-18-21-8-6-20(17-30)7-9-21;1-18-14-23-24(29(4,5)13-12-28(23,2)3)16-21(18)15-22-10-11-25(34-22)26(31)30-17-19-6-8-20(9-7-19)27(32)33/h10-11,14,16-17,20-21,30H,6-9,12-13,15,18H2,1-5H3,(H,31,32);10-11,14,16,19-20H,6-9,12-13,15,17H2,1-5H3,(H,30,31)(H,32,33). The summed E-state index contributed by atoms with van der Waals surface area (Å²) in [6.07, 6.45) is 15.1. The molecular weight excluding hydrogens is 835 g/mol. The minimum Gasteiger partial charge on any atom is -0.481 e. The molecule has 2 amide bonds. The Morgan fingerprint density at radius 1 is 0.582 bits per heavy atom. The molecule has 0 spiro atoms. The van der Waals surface area contributed by atoms with Crippen LogP contribution >= 0.6 is 0 Å². The van der Waals surface area contributed by atoms with E-state index in [0.29, 0.717) is 68.0 Å². The maximum absolute atomic E-state index is 12.6. The molecular formula is C58H79N3O6. The van der Waals surface area contributed by atoms with Gasteiger partial charge in [-0.2, -0.15) is 0 Å². The molecule has 2 aromatic heterocycles. The van der Waals surface area contributed by atoms with Gasteiger partial charge in [-0.3, -0.25) is 14.4 Å². The van der Waals surface area contributed by atoms with E-state index in [1.807, 2.05) is 12.1 Å². The number of hydrogen-bond donors (Lipinski definition) is 4. The summed E-state index contributed by atoms with van der Waals surface area (Å²) < 4.78 is 11.9. The van der Waals surface area contributed by atoms with E-state index < -0.39 is 5.97 Å². The number of rotatable bonds is 12. The number of carbonyl (C=O) groups excluding carboxylic acids is 2. The van der Waals surface area contributed by atoms with Gasteiger partial charge in [-0.05, 0) is 205 Å². The SMILES string of the molecule is Cc1cc2c(cc1Cc1ccc(C(=O)NCC3CCC(C(=O)O)CC3)o1)C(C)(C)CCC2(C)C.Cc1cc2c(cc1Cc1ccc(C(=O)NCC3CCC(C=N)CC3)o1)C(C)(C)CCC2(C)C. The van der Waals surface area contributed by atoms with Gasteiger partial charge in [0.15, 0.2) is 11.5 Å². The van der Waals surface area contributed by atoms with Crippen LogP contribution in [0.25, 0.3) is 0 Å². The summed E-state index contributed by atoms with van der Waals surface area (Å²) in [6, 6.07) is 16.9. The van der Waals surface area contributed by atoms with Crippen molar-refractivity contribution in [1.29, 1.82) is 5.41 Å². The highest BCUT2D eigenvalue weighted by molar-refractivity contribution is 5.92. The molecule has 8 rings (SSSR count). The van der Waals surface area contributed by atoms with Crippen molar-refractivity contribution >= 4 is 24.0 Å². The smallest absolute Gasteiger partial charge is 0.306 e. The van der Waals surface area contributed by atoms with E-state index >= 15 is 0 Å². The fourth-order valence-corrected chi connectivity index (χ4v) is 11.3. The number of furan rings is 2. The van der Waals surface area contributed by atoms with E-state index in [1.54, 1.807) is 18.3 Å². The second-order valence-electron chi connectivity index (χ2n) is 23.5. The van der Waals surface area contributed by atoms with Crippen LogP contribution in [0, 0.1) is 42.9 Å². The fourth-order valence-electron chi connectivity index (χ4n) is 11.3. The lowest BCUT2D eigenvalue weighted by Gasteiger charge is -2.42. The monoisotopic (exact) mass is 914 g/mol. The highest BCUT2D eigenvalue weighted by atomic mass is 16.4. The molecule has 362 valence electrons. The Morgan fingerprint density at radius 3 is 1.30 bits per heavy atom. The number of aliphatic carboxylic acids is 1. The number of benzene rings is 2. The molecule has 0 aliphatic heterocycles. The van der Waals surface area contributed by atoms with Crippen molar-refractivity contribution < 1.29 is 28.3 Å². The summed E-state index contributed by atoms with van der Waals surface area (Å²) in [5.41, 5.74) is 11.7. The van der Waals surface area contributed by atoms with E-state index in [-0.39, 0.29) is 39.4 Å². The van der Waals surface area contributed by atoms with Crippen molar-refractivity contribution in [2.45, 2.75) is 181 Å². The molecule has 67 heavy (non-hydrogen) atoms. The van der Waals surface area contributed by atoms with E-state index in [1.165, 1.54) is 70.2 Å². The van der Waals surface area contributed by atoms with Crippen LogP contribution in [0.2, 0.25) is 0 Å². The van der Waals surface area contributed by atoms with Crippen LogP contribution in [0.1, 0.15) is 210 Å². The molecule has 4 aliphatic carbocycles. The zero-order valence-electron chi connectivity index (χ0n) is 42.3. The van der Waals surface area contributed by atoms with Crippen LogP contribution in [0.4, 0.5) is 0 Å². The van der Waals surface area contributed by atoms with E-state index in [2.05, 4.69) is 104 Å². The summed E-state index contributed by atoms with van der Waals surface area (Å²) in [4.78, 5) is 36.4. The first-order chi connectivity index (χ1) is 31.5. The van der Waals surface area contributed by atoms with Crippen molar-refractivity contribution in [3.8, 4) is 0 Å². The van der Waals surface area contributed by atoms with Crippen LogP contribution < -0.4 is 10.6 Å². The van der Waals surface area contributed by atoms with E-state index in [0.717, 1.165) is 50.0 Å². The second kappa shape index (κ2) is 20.0. The maximum Gasteiger partial charge on any atom is 0.306 e. The van der Waals surface area contributed by atoms with E-state index in [9.17, 15) is 14.4 Å². The third kappa shape index (κ3) is 11.7. The molecule has 9 nitrogen and oxygen atoms in total. The summed E-state index contributed by atoms with van der Waals surface area (Å²) in [5, 5.41) is 22.6. The van der Waals surface area contributed by atoms with Gasteiger partial charge >= 0.3 is 5.97 Å². The van der Waals surface area contributed by atoms with Crippen LogP contribution in [0.15, 0.2) is 57.4 Å². The number of aryl methyl sites for hydroxylation is 2. The number of nitrogens with one attached hydrogen (secondary N) is 3. The third-order valence-electron chi connectivity index (χ3n) is 16.5. The molecule has 0 atom stereocenters. The first-order valence-corrected chi connectivity index (χ1v) is 25.3. The lowest BCUT2D eigenvalue weighted by molar-refractivity contribution is -0.143. The van der Waals surface area contributed by atoms with Crippen molar-refractivity contribution in [1.82, 2.24) is 10.6 Å². The van der Waals surface area contributed by atoms with Gasteiger partial charge in [-0.15, -0.1) is 0 Å². The van der Waals surface area contributed by atoms with Crippen LogP contribution in [0.3, 0.4) is 0 Å². The highest BCUT2D eigenvalue weighted by Crippen LogP contribution is 2.48. The Bertz CT molecular complexity index is 2430. The Hall–Kier alpha value is -4.92. The summed E-state index contributed by atoms with van der Waals surface area (Å²) in [5.74, 6) is 2.37. The zero-order valence-corrected chi connectivity index (χ0v) is 42.3. The normalized spacial score (nSPS) is 23.4. The fraction of sp³-hybridized carbons (Fsp3) is 0.586. The quantitative estimate of drug-likeness (QED) is 0.104. The lowest BCUT2D eigenvalue weighted by Crippen LogP contribution is -2.34. The summed E-state index contributed by atoms with van der Waals surface area (Å²) in [7, 11) is 0. The van der Waals surface area contributed by atoms with Crippen LogP contribution in [-0.4, -0.2) is 42.2 Å². The van der Waals surface area contributed by atoms with E-state index in [4.69, 9.17) is 19.4 Å². The number of carbonyl (C=O) groups is 3. The molecule has 9 heteroatoms. The molecule has 2 aromatic carbocycles. The lowest BCUT2D eigenvalue weighted by atomic mass is 9.62. The summed E-state index contributed by atoms with van der Waals surface area (Å²) in [6.45, 7) is 24.4. The third-order valence-corrected chi connectivity index (χ3v) is 16.5. The molecule has 2 heterocycles. The van der Waals surface area contributed by atoms with Gasteiger partial charge in [0.2, 0.25) is 0 Å². The van der Waals surface area contributed by atoms with Crippen LogP contribution in [-0.2, 0) is 39.3 Å². The molecule has 2 saturated carbocycles. The first kappa shape index (κ1) is 50.0. The van der Waals surface area contributed by atoms with Gasteiger partial charge in [-0.25, -0.2) is 0 Å². The Labute approximate surface area is 400 Å². The van der Waals surface area contributed by atoms with Gasteiger partial charge in [0.25, 0.3) is 11.8 Å². The van der Waals surface area contributed by atoms with Crippen molar-refractivity contribution in [3.05, 3.63) is 116 Å². The Balaban J connectivity index is 0.000000199. The molecule has 0 radical (unpaired) electrons. The van der Waals surface area contributed by atoms with Gasteiger partial charge in [0.05, 0.1) is 5.92 Å². The van der Waals surface area contributed by atoms with Crippen LogP contribution in [0.5, 0.6) is 0 Å². The van der Waals surface area contributed by atoms with Gasteiger partial charge < -0.3 is 30.0 Å². The molecule has 4 aromatic rings. The zero-order chi connectivity index (χ0) is 48.5. The predicted octanol–water partition coefficient (Wildman–Crippen LogP) is 12.9. The largest absolute Gasteiger partial charge is 0.481 e. The number of fused-ring (bicyclic) bond motifs is 2. The summed E-state index contributed by atoms with van der Waals surface area (Å²) >= 11 is 0. The average Bonchev–Trinajstić information content (AvgIpc) is 3.97. The molecule has 4 N–H and O–H groups in total. The highest BCUT2D eigenvalue weighted by Gasteiger charge is 2.39.